The van der Waals surface area contributed by atoms with E-state index in [1.165, 1.54) is 26.7 Å². The molecule has 97 valence electrons. The first kappa shape index (κ1) is 13.0. The molecule has 1 aliphatic carbocycles. The summed E-state index contributed by atoms with van der Waals surface area (Å²) in [6.45, 7) is 4.27. The van der Waals surface area contributed by atoms with Gasteiger partial charge in [-0.25, -0.2) is 0 Å². The lowest BCUT2D eigenvalue weighted by atomic mass is 10.2. The Bertz CT molecular complexity index is 637. The smallest absolute Gasteiger partial charge is 0.0614 e. The summed E-state index contributed by atoms with van der Waals surface area (Å²) in [7, 11) is -0.923. The third-order valence-electron chi connectivity index (χ3n) is 3.55. The third kappa shape index (κ3) is 2.63. The fourth-order valence-corrected chi connectivity index (χ4v) is 4.85. The highest BCUT2D eigenvalue weighted by Crippen LogP contribution is 2.00. The minimum atomic E-state index is -0.923. The Hall–Kier alpha value is -1.99. The fraction of sp³-hybridized carbons (Fsp3) is 0.105. The summed E-state index contributed by atoms with van der Waals surface area (Å²) >= 11 is 0. The molecule has 20 heavy (non-hydrogen) atoms. The van der Waals surface area contributed by atoms with Crippen molar-refractivity contribution in [1.29, 1.82) is 0 Å². The van der Waals surface area contributed by atoms with Gasteiger partial charge in [-0.15, -0.1) is 0 Å². The van der Waals surface area contributed by atoms with Gasteiger partial charge in [-0.05, 0) is 35.5 Å². The zero-order valence-corrected chi connectivity index (χ0v) is 12.9. The first-order valence-corrected chi connectivity index (χ1v) is 8.39. The van der Waals surface area contributed by atoms with Crippen LogP contribution < -0.4 is 10.4 Å². The van der Waals surface area contributed by atoms with Gasteiger partial charge in [0.1, 0.15) is 0 Å². The summed E-state index contributed by atoms with van der Waals surface area (Å²) < 4.78 is 0. The number of benzene rings is 2. The third-order valence-corrected chi connectivity index (χ3v) is 6.22. The quantitative estimate of drug-likeness (QED) is 0.738. The van der Waals surface area contributed by atoms with Gasteiger partial charge in [0.25, 0.3) is 0 Å². The van der Waals surface area contributed by atoms with Gasteiger partial charge < -0.3 is 0 Å². The van der Waals surface area contributed by atoms with E-state index in [2.05, 4.69) is 80.6 Å². The minimum Gasteiger partial charge on any atom is -0.0614 e. The van der Waals surface area contributed by atoms with Gasteiger partial charge in [-0.2, -0.15) is 0 Å². The fourth-order valence-electron chi connectivity index (χ4n) is 2.40. The Labute approximate surface area is 122 Å². The summed E-state index contributed by atoms with van der Waals surface area (Å²) in [5.41, 5.74) is 2.62. The maximum absolute atomic E-state index is 3.41. The van der Waals surface area contributed by atoms with Crippen LogP contribution in [-0.4, -0.2) is 13.6 Å². The van der Waals surface area contributed by atoms with Gasteiger partial charge in [-0.1, -0.05) is 77.9 Å². The lowest BCUT2D eigenvalue weighted by Crippen LogP contribution is -2.39. The molecule has 2 aromatic rings. The molecule has 0 amide bonds. The largest absolute Gasteiger partial charge is 0.0884 e. The Morgan fingerprint density at radius 3 is 1.65 bits per heavy atom. The second-order valence-electron chi connectivity index (χ2n) is 5.19. The number of hydrogen-bond donors (Lipinski definition) is 0. The molecular formula is C19H17Si. The average molecular weight is 273 g/mol. The average Bonchev–Trinajstić information content (AvgIpc) is 2.97. The van der Waals surface area contributed by atoms with E-state index < -0.39 is 8.41 Å². The van der Waals surface area contributed by atoms with Gasteiger partial charge in [0.05, 0.1) is 8.41 Å². The van der Waals surface area contributed by atoms with Crippen LogP contribution in [0.15, 0.2) is 66.8 Å². The molecule has 1 radical (unpaired) electrons. The molecule has 0 N–H and O–H groups in total. The van der Waals surface area contributed by atoms with Crippen LogP contribution in [-0.2, 0) is 0 Å². The summed E-state index contributed by atoms with van der Waals surface area (Å²) in [4.78, 5) is 0. The Balaban J connectivity index is 2.17. The van der Waals surface area contributed by atoms with Crippen LogP contribution in [0, 0.1) is 19.9 Å². The molecule has 3 rings (SSSR count). The summed E-state index contributed by atoms with van der Waals surface area (Å²) in [5.74, 6) is 0. The van der Waals surface area contributed by atoms with Crippen LogP contribution in [0.5, 0.6) is 0 Å². The van der Waals surface area contributed by atoms with Crippen LogP contribution in [0.4, 0.5) is 0 Å². The van der Waals surface area contributed by atoms with E-state index in [0.29, 0.717) is 0 Å². The summed E-state index contributed by atoms with van der Waals surface area (Å²) in [5, 5.41) is 4.18. The first-order valence-electron chi connectivity index (χ1n) is 6.89. The van der Waals surface area contributed by atoms with Gasteiger partial charge in [-0.3, -0.25) is 0 Å². The van der Waals surface area contributed by atoms with Gasteiger partial charge in [0.2, 0.25) is 0 Å². The molecule has 0 unspecified atom stereocenters. The van der Waals surface area contributed by atoms with Crippen molar-refractivity contribution in [2.24, 2.45) is 0 Å². The maximum Gasteiger partial charge on any atom is 0.0884 e. The number of hydrogen-bond acceptors (Lipinski definition) is 0. The van der Waals surface area contributed by atoms with Crippen molar-refractivity contribution in [3.05, 3.63) is 84.0 Å². The predicted molar refractivity (Wildman–Crippen MR) is 89.3 cm³/mol. The van der Waals surface area contributed by atoms with E-state index in [9.17, 15) is 0 Å². The van der Waals surface area contributed by atoms with Crippen molar-refractivity contribution in [2.45, 2.75) is 13.8 Å². The molecule has 0 spiro atoms. The molecule has 0 saturated carbocycles. The topological polar surface area (TPSA) is 0 Å². The Morgan fingerprint density at radius 1 is 0.750 bits per heavy atom. The van der Waals surface area contributed by atoms with E-state index in [1.807, 2.05) is 6.08 Å². The zero-order valence-electron chi connectivity index (χ0n) is 11.9. The van der Waals surface area contributed by atoms with E-state index in [1.54, 1.807) is 0 Å². The number of rotatable bonds is 2. The van der Waals surface area contributed by atoms with Crippen molar-refractivity contribution >= 4 is 24.0 Å². The molecule has 0 nitrogen and oxygen atoms in total. The molecular weight excluding hydrogens is 256 g/mol. The van der Waals surface area contributed by atoms with Crippen LogP contribution in [0.3, 0.4) is 0 Å². The summed E-state index contributed by atoms with van der Waals surface area (Å²) in [6.07, 6.45) is 9.71. The van der Waals surface area contributed by atoms with Gasteiger partial charge in [0, 0.05) is 0 Å². The Morgan fingerprint density at radius 2 is 1.25 bits per heavy atom. The lowest BCUT2D eigenvalue weighted by molar-refractivity contribution is 1.48. The molecule has 0 atom stereocenters. The molecule has 1 aliphatic rings. The molecule has 1 heteroatoms. The molecule has 0 aromatic heterocycles. The van der Waals surface area contributed by atoms with E-state index >= 15 is 0 Å². The highest BCUT2D eigenvalue weighted by atomic mass is 28.2. The molecule has 0 aliphatic heterocycles. The minimum absolute atomic E-state index is 0.923. The predicted octanol–water partition coefficient (Wildman–Crippen LogP) is 2.60. The van der Waals surface area contributed by atoms with Crippen LogP contribution in [0.25, 0.3) is 0 Å². The van der Waals surface area contributed by atoms with Crippen molar-refractivity contribution in [2.75, 3.05) is 0 Å². The van der Waals surface area contributed by atoms with Crippen LogP contribution in [0.1, 0.15) is 11.1 Å². The Kier molecular flexibility index (Phi) is 3.61. The second kappa shape index (κ2) is 5.56. The van der Waals surface area contributed by atoms with Crippen LogP contribution >= 0.6 is 0 Å². The SMILES string of the molecule is Cc1ccc([Si](=C2[C]=CC=C2)c2ccc(C)cc2)cc1. The van der Waals surface area contributed by atoms with E-state index in [0.717, 1.165) is 0 Å². The van der Waals surface area contributed by atoms with Crippen molar-refractivity contribution in [3.63, 3.8) is 0 Å². The number of allylic oxidation sites excluding steroid dienone is 4. The maximum atomic E-state index is 3.41. The van der Waals surface area contributed by atoms with Crippen molar-refractivity contribution in [1.82, 2.24) is 0 Å². The van der Waals surface area contributed by atoms with Crippen LogP contribution in [0.2, 0.25) is 0 Å². The van der Waals surface area contributed by atoms with Crippen molar-refractivity contribution in [3.8, 4) is 0 Å². The lowest BCUT2D eigenvalue weighted by Gasteiger charge is -2.10. The normalized spacial score (nSPS) is 13.0. The highest BCUT2D eigenvalue weighted by Gasteiger charge is 2.11. The zero-order chi connectivity index (χ0) is 13.9. The monoisotopic (exact) mass is 273 g/mol. The number of aryl methyl sites for hydroxylation is 2. The molecule has 0 bridgehead atoms. The molecule has 2 aromatic carbocycles. The molecule has 0 fully saturated rings. The van der Waals surface area contributed by atoms with Gasteiger partial charge >= 0.3 is 0 Å². The van der Waals surface area contributed by atoms with E-state index in [4.69, 9.17) is 0 Å². The first-order chi connectivity index (χ1) is 9.74. The summed E-state index contributed by atoms with van der Waals surface area (Å²) in [6, 6.07) is 17.9. The highest BCUT2D eigenvalue weighted by molar-refractivity contribution is 6.94. The second-order valence-corrected chi connectivity index (χ2v) is 7.63. The van der Waals surface area contributed by atoms with Gasteiger partial charge in [0.15, 0.2) is 0 Å². The standard InChI is InChI=1S/C19H17Si/c1-15-7-11-18(12-8-15)20(17-5-3-4-6-17)19-13-9-16(2)10-14-19/h3-5,7-14H,1-2H3. The molecule has 0 heterocycles. The molecule has 0 saturated heterocycles. The van der Waals surface area contributed by atoms with E-state index in [-0.39, 0.29) is 0 Å². The van der Waals surface area contributed by atoms with Crippen molar-refractivity contribution < 1.29 is 0 Å².